The molecule has 1 saturated carbocycles. The summed E-state index contributed by atoms with van der Waals surface area (Å²) in [5.41, 5.74) is 1.75. The molecule has 1 aromatic carbocycles. The van der Waals surface area contributed by atoms with Crippen LogP contribution in [0.5, 0.6) is 0 Å². The van der Waals surface area contributed by atoms with Gasteiger partial charge in [-0.1, -0.05) is 43.0 Å². The fourth-order valence-electron chi connectivity index (χ4n) is 3.41. The highest BCUT2D eigenvalue weighted by Crippen LogP contribution is 2.21. The molecule has 1 aromatic heterocycles. The van der Waals surface area contributed by atoms with Crippen molar-refractivity contribution in [3.8, 4) is 11.4 Å². The van der Waals surface area contributed by atoms with Crippen molar-refractivity contribution < 1.29 is 4.79 Å². The minimum absolute atomic E-state index is 0.0364. The first-order valence-electron chi connectivity index (χ1n) is 9.09. The number of nitrogens with zero attached hydrogens (tertiary/aromatic N) is 2. The summed E-state index contributed by atoms with van der Waals surface area (Å²) in [7, 11) is 0. The average Bonchev–Trinajstić information content (AvgIpc) is 2.63. The van der Waals surface area contributed by atoms with Crippen molar-refractivity contribution in [3.63, 3.8) is 0 Å². The van der Waals surface area contributed by atoms with Gasteiger partial charge in [-0.2, -0.15) is 0 Å². The summed E-state index contributed by atoms with van der Waals surface area (Å²) in [6, 6.07) is 7.39. The van der Waals surface area contributed by atoms with E-state index in [0.29, 0.717) is 22.1 Å². The second-order valence-electron chi connectivity index (χ2n) is 6.95. The van der Waals surface area contributed by atoms with E-state index in [-0.39, 0.29) is 24.1 Å². The molecule has 1 fully saturated rings. The number of halogens is 1. The van der Waals surface area contributed by atoms with E-state index in [2.05, 4.69) is 10.3 Å². The first kappa shape index (κ1) is 18.6. The Hall–Kier alpha value is -2.14. The number of aromatic nitrogens is 2. The van der Waals surface area contributed by atoms with Crippen LogP contribution in [0.4, 0.5) is 0 Å². The van der Waals surface area contributed by atoms with Crippen molar-refractivity contribution in [3.05, 3.63) is 50.9 Å². The number of carbonyl (C=O) groups is 1. The van der Waals surface area contributed by atoms with Crippen LogP contribution in [-0.2, 0) is 11.3 Å². The van der Waals surface area contributed by atoms with Gasteiger partial charge in [0.2, 0.25) is 5.91 Å². The third kappa shape index (κ3) is 4.15. The molecular formula is C20H24ClN3O2. The summed E-state index contributed by atoms with van der Waals surface area (Å²) in [5.74, 6) is 0.326. The molecule has 26 heavy (non-hydrogen) atoms. The topological polar surface area (TPSA) is 64.0 Å². The molecule has 0 spiro atoms. The van der Waals surface area contributed by atoms with Gasteiger partial charge in [0.15, 0.2) is 0 Å². The molecule has 0 atom stereocenters. The summed E-state index contributed by atoms with van der Waals surface area (Å²) in [6.07, 6.45) is 5.53. The standard InChI is InChI=1S/C20H24ClN3O2/c1-13-14(2)22-19(15-7-6-8-16(21)11-15)24(20(13)26)12-18(25)23-17-9-4-3-5-10-17/h6-8,11,17H,3-5,9-10,12H2,1-2H3,(H,23,25). The van der Waals surface area contributed by atoms with Crippen molar-refractivity contribution in [1.29, 1.82) is 0 Å². The molecule has 5 nitrogen and oxygen atoms in total. The van der Waals surface area contributed by atoms with E-state index < -0.39 is 0 Å². The van der Waals surface area contributed by atoms with Crippen LogP contribution in [-0.4, -0.2) is 21.5 Å². The normalized spacial score (nSPS) is 15.0. The fraction of sp³-hybridized carbons (Fsp3) is 0.450. The maximum atomic E-state index is 12.8. The van der Waals surface area contributed by atoms with E-state index in [1.807, 2.05) is 12.1 Å². The Morgan fingerprint density at radius 3 is 2.69 bits per heavy atom. The van der Waals surface area contributed by atoms with Crippen LogP contribution in [0, 0.1) is 13.8 Å². The molecule has 0 saturated heterocycles. The minimum atomic E-state index is -0.189. The Morgan fingerprint density at radius 2 is 2.00 bits per heavy atom. The van der Waals surface area contributed by atoms with Crippen LogP contribution < -0.4 is 10.9 Å². The summed E-state index contributed by atoms with van der Waals surface area (Å²) in [4.78, 5) is 29.9. The van der Waals surface area contributed by atoms with Gasteiger partial charge < -0.3 is 5.32 Å². The highest BCUT2D eigenvalue weighted by molar-refractivity contribution is 6.30. The van der Waals surface area contributed by atoms with Crippen LogP contribution in [0.3, 0.4) is 0 Å². The minimum Gasteiger partial charge on any atom is -0.352 e. The zero-order chi connectivity index (χ0) is 18.7. The second kappa shape index (κ2) is 8.04. The van der Waals surface area contributed by atoms with Gasteiger partial charge in [-0.3, -0.25) is 14.2 Å². The van der Waals surface area contributed by atoms with Crippen LogP contribution in [0.15, 0.2) is 29.1 Å². The molecule has 0 bridgehead atoms. The van der Waals surface area contributed by atoms with E-state index in [9.17, 15) is 9.59 Å². The molecule has 6 heteroatoms. The Bertz CT molecular complexity index is 870. The number of rotatable bonds is 4. The highest BCUT2D eigenvalue weighted by Gasteiger charge is 2.19. The number of carbonyl (C=O) groups excluding carboxylic acids is 1. The predicted molar refractivity (Wildman–Crippen MR) is 103 cm³/mol. The monoisotopic (exact) mass is 373 g/mol. The SMILES string of the molecule is Cc1nc(-c2cccc(Cl)c2)n(CC(=O)NC2CCCCC2)c(=O)c1C. The zero-order valence-corrected chi connectivity index (χ0v) is 16.0. The zero-order valence-electron chi connectivity index (χ0n) is 15.2. The van der Waals surface area contributed by atoms with Gasteiger partial charge in [-0.25, -0.2) is 4.98 Å². The van der Waals surface area contributed by atoms with Crippen molar-refractivity contribution in [2.24, 2.45) is 0 Å². The maximum absolute atomic E-state index is 12.8. The quantitative estimate of drug-likeness (QED) is 0.890. The first-order valence-corrected chi connectivity index (χ1v) is 9.47. The number of nitrogens with one attached hydrogen (secondary N) is 1. The van der Waals surface area contributed by atoms with Gasteiger partial charge in [0.1, 0.15) is 12.4 Å². The number of amides is 1. The van der Waals surface area contributed by atoms with E-state index >= 15 is 0 Å². The first-order chi connectivity index (χ1) is 12.5. The molecule has 1 aliphatic rings. The Morgan fingerprint density at radius 1 is 1.27 bits per heavy atom. The van der Waals surface area contributed by atoms with E-state index in [1.54, 1.807) is 26.0 Å². The van der Waals surface area contributed by atoms with Crippen LogP contribution in [0.2, 0.25) is 5.02 Å². The van der Waals surface area contributed by atoms with Crippen molar-refractivity contribution in [2.75, 3.05) is 0 Å². The fourth-order valence-corrected chi connectivity index (χ4v) is 3.61. The lowest BCUT2D eigenvalue weighted by Crippen LogP contribution is -2.40. The number of aryl methyl sites for hydroxylation is 1. The molecule has 1 aliphatic carbocycles. The number of benzene rings is 1. The number of hydrogen-bond acceptors (Lipinski definition) is 3. The third-order valence-corrected chi connectivity index (χ3v) is 5.23. The second-order valence-corrected chi connectivity index (χ2v) is 7.39. The molecular weight excluding hydrogens is 350 g/mol. The Kier molecular flexibility index (Phi) is 5.77. The van der Waals surface area contributed by atoms with E-state index in [1.165, 1.54) is 11.0 Å². The van der Waals surface area contributed by atoms with Gasteiger partial charge in [0.25, 0.3) is 5.56 Å². The molecule has 138 valence electrons. The van der Waals surface area contributed by atoms with Gasteiger partial charge >= 0.3 is 0 Å². The van der Waals surface area contributed by atoms with E-state index in [4.69, 9.17) is 11.6 Å². The lowest BCUT2D eigenvalue weighted by Gasteiger charge is -2.23. The van der Waals surface area contributed by atoms with E-state index in [0.717, 1.165) is 31.2 Å². The molecule has 1 amide bonds. The maximum Gasteiger partial charge on any atom is 0.257 e. The van der Waals surface area contributed by atoms with Gasteiger partial charge in [-0.05, 0) is 38.8 Å². The average molecular weight is 374 g/mol. The molecule has 0 radical (unpaired) electrons. The van der Waals surface area contributed by atoms with Crippen molar-refractivity contribution in [1.82, 2.24) is 14.9 Å². The summed E-state index contributed by atoms with van der Waals surface area (Å²) >= 11 is 6.10. The summed E-state index contributed by atoms with van der Waals surface area (Å²) in [6.45, 7) is 3.50. The highest BCUT2D eigenvalue weighted by atomic mass is 35.5. The summed E-state index contributed by atoms with van der Waals surface area (Å²) in [5, 5.41) is 3.63. The van der Waals surface area contributed by atoms with Crippen molar-refractivity contribution in [2.45, 2.75) is 58.5 Å². The largest absolute Gasteiger partial charge is 0.352 e. The summed E-state index contributed by atoms with van der Waals surface area (Å²) < 4.78 is 1.45. The Labute approximate surface area is 158 Å². The Balaban J connectivity index is 1.93. The number of hydrogen-bond donors (Lipinski definition) is 1. The molecule has 1 N–H and O–H groups in total. The van der Waals surface area contributed by atoms with Gasteiger partial charge in [0.05, 0.1) is 0 Å². The smallest absolute Gasteiger partial charge is 0.257 e. The predicted octanol–water partition coefficient (Wildman–Crippen LogP) is 3.63. The van der Waals surface area contributed by atoms with Crippen LogP contribution in [0.25, 0.3) is 11.4 Å². The van der Waals surface area contributed by atoms with Crippen LogP contribution in [0.1, 0.15) is 43.4 Å². The van der Waals surface area contributed by atoms with Crippen LogP contribution >= 0.6 is 11.6 Å². The lowest BCUT2D eigenvalue weighted by molar-refractivity contribution is -0.122. The third-order valence-electron chi connectivity index (χ3n) is 4.99. The van der Waals surface area contributed by atoms with Gasteiger partial charge in [-0.15, -0.1) is 0 Å². The van der Waals surface area contributed by atoms with Crippen molar-refractivity contribution >= 4 is 17.5 Å². The van der Waals surface area contributed by atoms with Gasteiger partial charge in [0, 0.05) is 27.9 Å². The molecule has 0 aliphatic heterocycles. The molecule has 2 aromatic rings. The molecule has 3 rings (SSSR count). The lowest BCUT2D eigenvalue weighted by atomic mass is 9.95. The molecule has 1 heterocycles. The molecule has 0 unspecified atom stereocenters.